The van der Waals surface area contributed by atoms with Crippen molar-refractivity contribution in [1.29, 1.82) is 0 Å². The minimum Gasteiger partial charge on any atom is -0.497 e. The Hall–Kier alpha value is -3.53. The minimum atomic E-state index is -1.33. The molecule has 0 radical (unpaired) electrons. The normalized spacial score (nSPS) is 18.3. The summed E-state index contributed by atoms with van der Waals surface area (Å²) in [5.74, 6) is -2.84. The summed E-state index contributed by atoms with van der Waals surface area (Å²) in [4.78, 5) is 56.9. The number of carbonyl (C=O) groups excluding carboxylic acids is 4. The molecule has 1 aliphatic carbocycles. The summed E-state index contributed by atoms with van der Waals surface area (Å²) in [5.41, 5.74) is 1.60. The molecule has 33 heavy (non-hydrogen) atoms. The van der Waals surface area contributed by atoms with Crippen LogP contribution < -0.4 is 15.0 Å². The van der Waals surface area contributed by atoms with Gasteiger partial charge in [-0.25, -0.2) is 19.5 Å². The minimum absolute atomic E-state index is 0.230. The lowest BCUT2D eigenvalue weighted by Gasteiger charge is -2.28. The SMILES string of the molecule is CCOC(=O)c1c(N=C[C@H]2C(=O)NC(=O)N(c3cccc(OC)c3)C2=O)sc2c1CCCC2. The number of fused-ring (bicyclic) bond motifs is 1. The highest BCUT2D eigenvalue weighted by atomic mass is 32.1. The lowest BCUT2D eigenvalue weighted by molar-refractivity contribution is -0.131. The van der Waals surface area contributed by atoms with E-state index in [-0.39, 0.29) is 12.3 Å². The predicted octanol–water partition coefficient (Wildman–Crippen LogP) is 3.41. The Bertz CT molecular complexity index is 1160. The van der Waals surface area contributed by atoms with E-state index in [1.54, 1.807) is 25.1 Å². The van der Waals surface area contributed by atoms with Crippen molar-refractivity contribution in [2.45, 2.75) is 32.6 Å². The fraction of sp³-hybridized carbons (Fsp3) is 0.348. The molecule has 2 heterocycles. The number of benzene rings is 1. The van der Waals surface area contributed by atoms with E-state index >= 15 is 0 Å². The number of hydrogen-bond donors (Lipinski definition) is 1. The fourth-order valence-electron chi connectivity index (χ4n) is 3.91. The molecule has 1 aromatic heterocycles. The van der Waals surface area contributed by atoms with Gasteiger partial charge in [0.2, 0.25) is 5.91 Å². The second-order valence-electron chi connectivity index (χ2n) is 7.54. The predicted molar refractivity (Wildman–Crippen MR) is 123 cm³/mol. The van der Waals surface area contributed by atoms with Crippen molar-refractivity contribution in [2.75, 3.05) is 18.6 Å². The molecule has 1 aromatic carbocycles. The van der Waals surface area contributed by atoms with Crippen molar-refractivity contribution in [3.05, 3.63) is 40.3 Å². The van der Waals surface area contributed by atoms with Crippen LogP contribution in [0.1, 0.15) is 40.6 Å². The maximum Gasteiger partial charge on any atom is 0.341 e. The molecule has 1 saturated heterocycles. The number of carbonyl (C=O) groups is 4. The van der Waals surface area contributed by atoms with Gasteiger partial charge in [0.25, 0.3) is 5.91 Å². The average molecular weight is 470 g/mol. The quantitative estimate of drug-likeness (QED) is 0.394. The first-order chi connectivity index (χ1) is 15.9. The zero-order valence-electron chi connectivity index (χ0n) is 18.3. The lowest BCUT2D eigenvalue weighted by Crippen LogP contribution is -2.58. The number of amides is 4. The van der Waals surface area contributed by atoms with Gasteiger partial charge >= 0.3 is 12.0 Å². The Morgan fingerprint density at radius 1 is 1.27 bits per heavy atom. The number of hydrogen-bond acceptors (Lipinski definition) is 8. The van der Waals surface area contributed by atoms with E-state index in [9.17, 15) is 19.2 Å². The number of anilines is 1. The third kappa shape index (κ3) is 4.38. The molecule has 2 aliphatic rings. The zero-order valence-corrected chi connectivity index (χ0v) is 19.1. The van der Waals surface area contributed by atoms with Gasteiger partial charge in [0.05, 0.1) is 25.0 Å². The van der Waals surface area contributed by atoms with Crippen LogP contribution in [0.5, 0.6) is 5.75 Å². The van der Waals surface area contributed by atoms with E-state index in [1.165, 1.54) is 30.7 Å². The molecule has 1 N–H and O–H groups in total. The number of urea groups is 1. The Balaban J connectivity index is 1.67. The summed E-state index contributed by atoms with van der Waals surface area (Å²) in [5, 5.41) is 2.60. The number of ether oxygens (including phenoxy) is 2. The number of barbiturate groups is 1. The number of rotatable bonds is 6. The first-order valence-electron chi connectivity index (χ1n) is 10.6. The van der Waals surface area contributed by atoms with E-state index in [2.05, 4.69) is 10.3 Å². The smallest absolute Gasteiger partial charge is 0.341 e. The van der Waals surface area contributed by atoms with E-state index < -0.39 is 29.7 Å². The lowest BCUT2D eigenvalue weighted by atomic mass is 9.95. The molecule has 1 aliphatic heterocycles. The largest absolute Gasteiger partial charge is 0.497 e. The van der Waals surface area contributed by atoms with Gasteiger partial charge in [0, 0.05) is 17.2 Å². The second-order valence-corrected chi connectivity index (χ2v) is 8.62. The first kappa shape index (κ1) is 22.7. The molecule has 4 rings (SSSR count). The molecule has 0 saturated carbocycles. The average Bonchev–Trinajstić information content (AvgIpc) is 3.17. The Morgan fingerprint density at radius 3 is 2.82 bits per heavy atom. The molecule has 4 amide bonds. The van der Waals surface area contributed by atoms with E-state index in [1.807, 2.05) is 0 Å². The Morgan fingerprint density at radius 2 is 2.06 bits per heavy atom. The molecule has 1 fully saturated rings. The van der Waals surface area contributed by atoms with Crippen molar-refractivity contribution >= 4 is 52.1 Å². The highest BCUT2D eigenvalue weighted by Gasteiger charge is 2.40. The van der Waals surface area contributed by atoms with Gasteiger partial charge < -0.3 is 9.47 Å². The van der Waals surface area contributed by atoms with Crippen LogP contribution >= 0.6 is 11.3 Å². The van der Waals surface area contributed by atoms with Crippen molar-refractivity contribution in [3.8, 4) is 5.75 Å². The number of nitrogens with zero attached hydrogens (tertiary/aromatic N) is 2. The van der Waals surface area contributed by atoms with Crippen molar-refractivity contribution in [1.82, 2.24) is 5.32 Å². The third-order valence-corrected chi connectivity index (χ3v) is 6.69. The maximum atomic E-state index is 13.1. The van der Waals surface area contributed by atoms with Crippen LogP contribution in [-0.4, -0.2) is 43.7 Å². The Labute approximate surface area is 194 Å². The number of imide groups is 2. The van der Waals surface area contributed by atoms with Crippen LogP contribution in [0.15, 0.2) is 29.3 Å². The summed E-state index contributed by atoms with van der Waals surface area (Å²) in [6.07, 6.45) is 4.80. The first-order valence-corrected chi connectivity index (χ1v) is 11.4. The number of thiophene rings is 1. The molecule has 172 valence electrons. The van der Waals surface area contributed by atoms with Gasteiger partial charge in [-0.3, -0.25) is 14.9 Å². The topological polar surface area (TPSA) is 114 Å². The molecule has 0 bridgehead atoms. The fourth-order valence-corrected chi connectivity index (χ4v) is 5.14. The molecular weight excluding hydrogens is 446 g/mol. The standard InChI is InChI=1S/C23H23N3O6S/c1-3-32-22(29)18-15-9-4-5-10-17(15)33-20(18)24-12-16-19(27)25-23(30)26(21(16)28)13-7-6-8-14(11-13)31-2/h6-8,11-12,16H,3-5,9-10H2,1-2H3,(H,25,27,30)/t16-/m0/s1. The number of methoxy groups -OCH3 is 1. The number of aliphatic imine (C=N–C) groups is 1. The molecule has 2 aromatic rings. The molecule has 0 spiro atoms. The highest BCUT2D eigenvalue weighted by Crippen LogP contribution is 2.40. The van der Waals surface area contributed by atoms with E-state index in [0.717, 1.165) is 41.0 Å². The van der Waals surface area contributed by atoms with Gasteiger partial charge in [-0.05, 0) is 50.3 Å². The van der Waals surface area contributed by atoms with Crippen molar-refractivity contribution in [3.63, 3.8) is 0 Å². The van der Waals surface area contributed by atoms with Crippen LogP contribution in [0.3, 0.4) is 0 Å². The number of aryl methyl sites for hydroxylation is 1. The van der Waals surface area contributed by atoms with E-state index in [0.29, 0.717) is 16.3 Å². The summed E-state index contributed by atoms with van der Waals surface area (Å²) in [7, 11) is 1.47. The van der Waals surface area contributed by atoms with Gasteiger partial charge in [0.15, 0.2) is 5.92 Å². The summed E-state index contributed by atoms with van der Waals surface area (Å²) in [6.45, 7) is 1.96. The third-order valence-electron chi connectivity index (χ3n) is 5.49. The molecular formula is C23H23N3O6S. The molecule has 0 unspecified atom stereocenters. The zero-order chi connectivity index (χ0) is 23.5. The Kier molecular flexibility index (Phi) is 6.55. The number of esters is 1. The molecule has 9 nitrogen and oxygen atoms in total. The molecule has 1 atom stereocenters. The highest BCUT2D eigenvalue weighted by molar-refractivity contribution is 7.16. The summed E-state index contributed by atoms with van der Waals surface area (Å²) >= 11 is 1.37. The van der Waals surface area contributed by atoms with Crippen LogP contribution in [0, 0.1) is 5.92 Å². The van der Waals surface area contributed by atoms with Gasteiger partial charge in [-0.1, -0.05) is 6.07 Å². The van der Waals surface area contributed by atoms with Gasteiger partial charge in [-0.2, -0.15) is 0 Å². The van der Waals surface area contributed by atoms with Gasteiger partial charge in [-0.15, -0.1) is 11.3 Å². The van der Waals surface area contributed by atoms with Crippen LogP contribution in [0.4, 0.5) is 15.5 Å². The van der Waals surface area contributed by atoms with Crippen molar-refractivity contribution in [2.24, 2.45) is 10.9 Å². The monoisotopic (exact) mass is 469 g/mol. The summed E-state index contributed by atoms with van der Waals surface area (Å²) < 4.78 is 10.4. The maximum absolute atomic E-state index is 13.1. The van der Waals surface area contributed by atoms with Crippen molar-refractivity contribution < 1.29 is 28.7 Å². The second kappa shape index (κ2) is 9.53. The molecule has 10 heteroatoms. The van der Waals surface area contributed by atoms with Gasteiger partial charge in [0.1, 0.15) is 10.8 Å². The van der Waals surface area contributed by atoms with Crippen LogP contribution in [0.25, 0.3) is 0 Å². The number of nitrogens with one attached hydrogen (secondary N) is 1. The van der Waals surface area contributed by atoms with Crippen LogP contribution in [0.2, 0.25) is 0 Å². The van der Waals surface area contributed by atoms with E-state index in [4.69, 9.17) is 9.47 Å². The summed E-state index contributed by atoms with van der Waals surface area (Å²) in [6, 6.07) is 5.55. The van der Waals surface area contributed by atoms with Crippen LogP contribution in [-0.2, 0) is 27.2 Å².